The molecule has 0 aromatic carbocycles. The summed E-state index contributed by atoms with van der Waals surface area (Å²) in [4.78, 5) is 27.8. The molecule has 7 heteroatoms. The number of nitrogen functional groups attached to an aromatic ring is 1. The maximum absolute atomic E-state index is 11.5. The highest BCUT2D eigenvalue weighted by Gasteiger charge is 2.17. The third kappa shape index (κ3) is 3.07. The van der Waals surface area contributed by atoms with Crippen LogP contribution in [-0.4, -0.2) is 37.6 Å². The van der Waals surface area contributed by atoms with Gasteiger partial charge in [0.1, 0.15) is 11.4 Å². The lowest BCUT2D eigenvalue weighted by atomic mass is 10.2. The minimum atomic E-state index is -0.573. The summed E-state index contributed by atoms with van der Waals surface area (Å²) >= 11 is 0. The van der Waals surface area contributed by atoms with E-state index in [1.165, 1.54) is 24.3 Å². The van der Waals surface area contributed by atoms with Crippen molar-refractivity contribution in [2.24, 2.45) is 5.73 Å². The Balaban J connectivity index is 3.13. The molecule has 0 unspecified atom stereocenters. The smallest absolute Gasteiger partial charge is 0.341 e. The highest BCUT2D eigenvalue weighted by atomic mass is 16.5. The molecule has 4 N–H and O–H groups in total. The van der Waals surface area contributed by atoms with Crippen LogP contribution in [0.4, 0.5) is 11.5 Å². The summed E-state index contributed by atoms with van der Waals surface area (Å²) < 4.78 is 4.61. The van der Waals surface area contributed by atoms with Crippen molar-refractivity contribution in [2.75, 3.05) is 31.3 Å². The van der Waals surface area contributed by atoms with E-state index in [-0.39, 0.29) is 12.1 Å². The van der Waals surface area contributed by atoms with Gasteiger partial charge in [0.05, 0.1) is 25.5 Å². The lowest BCUT2D eigenvalue weighted by molar-refractivity contribution is -0.116. The number of amides is 1. The van der Waals surface area contributed by atoms with Gasteiger partial charge in [-0.25, -0.2) is 9.78 Å². The molecule has 0 saturated carbocycles. The van der Waals surface area contributed by atoms with Crippen molar-refractivity contribution in [3.63, 3.8) is 0 Å². The molecule has 1 aromatic rings. The van der Waals surface area contributed by atoms with Gasteiger partial charge in [-0.1, -0.05) is 0 Å². The van der Waals surface area contributed by atoms with Crippen LogP contribution in [0.25, 0.3) is 0 Å². The van der Waals surface area contributed by atoms with Gasteiger partial charge in [0.15, 0.2) is 0 Å². The third-order valence-electron chi connectivity index (χ3n) is 2.05. The van der Waals surface area contributed by atoms with Crippen LogP contribution in [0.3, 0.4) is 0 Å². The number of anilines is 2. The molecule has 0 aliphatic heterocycles. The Morgan fingerprint density at radius 1 is 1.53 bits per heavy atom. The van der Waals surface area contributed by atoms with Gasteiger partial charge in [0.25, 0.3) is 0 Å². The number of ether oxygens (including phenoxy) is 1. The quantitative estimate of drug-likeness (QED) is 0.675. The Bertz CT molecular complexity index is 447. The SMILES string of the molecule is COC(=O)c1cc(N)cnc1N(C)CC(N)=O. The van der Waals surface area contributed by atoms with Gasteiger partial charge >= 0.3 is 5.97 Å². The molecule has 0 spiro atoms. The normalized spacial score (nSPS) is 9.76. The van der Waals surface area contributed by atoms with E-state index < -0.39 is 11.9 Å². The molecule has 0 aliphatic rings. The van der Waals surface area contributed by atoms with Gasteiger partial charge in [0, 0.05) is 7.05 Å². The van der Waals surface area contributed by atoms with Crippen LogP contribution in [-0.2, 0) is 9.53 Å². The van der Waals surface area contributed by atoms with E-state index >= 15 is 0 Å². The monoisotopic (exact) mass is 238 g/mol. The molecule has 0 bridgehead atoms. The van der Waals surface area contributed by atoms with E-state index in [2.05, 4.69) is 9.72 Å². The summed E-state index contributed by atoms with van der Waals surface area (Å²) in [6, 6.07) is 1.44. The lowest BCUT2D eigenvalue weighted by Gasteiger charge is -2.18. The molecule has 0 fully saturated rings. The number of hydrogen-bond donors (Lipinski definition) is 2. The Kier molecular flexibility index (Phi) is 3.86. The van der Waals surface area contributed by atoms with Gasteiger partial charge in [0.2, 0.25) is 5.91 Å². The fourth-order valence-corrected chi connectivity index (χ4v) is 1.35. The van der Waals surface area contributed by atoms with Crippen LogP contribution in [0.15, 0.2) is 12.3 Å². The summed E-state index contributed by atoms with van der Waals surface area (Å²) in [5, 5.41) is 0. The third-order valence-corrected chi connectivity index (χ3v) is 2.05. The summed E-state index contributed by atoms with van der Waals surface area (Å²) in [6.45, 7) is -0.0547. The minimum absolute atomic E-state index is 0.0547. The Morgan fingerprint density at radius 3 is 2.71 bits per heavy atom. The number of nitrogens with two attached hydrogens (primary N) is 2. The Hall–Kier alpha value is -2.31. The van der Waals surface area contributed by atoms with Gasteiger partial charge in [-0.2, -0.15) is 0 Å². The van der Waals surface area contributed by atoms with Crippen molar-refractivity contribution in [3.8, 4) is 0 Å². The average molecular weight is 238 g/mol. The van der Waals surface area contributed by atoms with E-state index in [0.717, 1.165) is 0 Å². The van der Waals surface area contributed by atoms with E-state index in [1.54, 1.807) is 7.05 Å². The zero-order chi connectivity index (χ0) is 13.0. The standard InChI is InChI=1S/C10H14N4O3/c1-14(5-8(12)15)9-7(10(16)17-2)3-6(11)4-13-9/h3-4H,5,11H2,1-2H3,(H2,12,15). The molecular formula is C10H14N4O3. The van der Waals surface area contributed by atoms with Crippen LogP contribution < -0.4 is 16.4 Å². The number of methoxy groups -OCH3 is 1. The van der Waals surface area contributed by atoms with Crippen molar-refractivity contribution in [1.29, 1.82) is 0 Å². The summed E-state index contributed by atoms with van der Waals surface area (Å²) in [5.41, 5.74) is 11.1. The molecule has 17 heavy (non-hydrogen) atoms. The molecule has 1 heterocycles. The maximum atomic E-state index is 11.5. The number of carbonyl (C=O) groups is 2. The first kappa shape index (κ1) is 12.8. The average Bonchev–Trinajstić information content (AvgIpc) is 2.26. The Morgan fingerprint density at radius 2 is 2.18 bits per heavy atom. The highest BCUT2D eigenvalue weighted by Crippen LogP contribution is 2.19. The fraction of sp³-hybridized carbons (Fsp3) is 0.300. The molecule has 0 saturated heterocycles. The molecule has 7 nitrogen and oxygen atoms in total. The zero-order valence-corrected chi connectivity index (χ0v) is 9.64. The summed E-state index contributed by atoms with van der Waals surface area (Å²) in [6.07, 6.45) is 1.39. The lowest BCUT2D eigenvalue weighted by Crippen LogP contribution is -2.32. The highest BCUT2D eigenvalue weighted by molar-refractivity contribution is 5.96. The van der Waals surface area contributed by atoms with Crippen LogP contribution in [0.2, 0.25) is 0 Å². The first-order valence-electron chi connectivity index (χ1n) is 4.79. The van der Waals surface area contributed by atoms with Crippen LogP contribution in [0.5, 0.6) is 0 Å². The predicted octanol–water partition coefficient (Wildman–Crippen LogP) is -0.628. The number of aromatic nitrogens is 1. The zero-order valence-electron chi connectivity index (χ0n) is 9.64. The minimum Gasteiger partial charge on any atom is -0.465 e. The van der Waals surface area contributed by atoms with Crippen LogP contribution in [0, 0.1) is 0 Å². The molecule has 0 radical (unpaired) electrons. The number of esters is 1. The van der Waals surface area contributed by atoms with E-state index in [9.17, 15) is 9.59 Å². The summed E-state index contributed by atoms with van der Waals surface area (Å²) in [5.74, 6) is -0.803. The van der Waals surface area contributed by atoms with E-state index in [1.807, 2.05) is 0 Å². The first-order chi connectivity index (χ1) is 7.95. The molecule has 0 atom stereocenters. The van der Waals surface area contributed by atoms with Gasteiger partial charge in [-0.05, 0) is 6.07 Å². The van der Waals surface area contributed by atoms with Gasteiger partial charge in [-0.15, -0.1) is 0 Å². The fourth-order valence-electron chi connectivity index (χ4n) is 1.35. The number of rotatable bonds is 4. The van der Waals surface area contributed by atoms with Gasteiger partial charge < -0.3 is 21.1 Å². The number of hydrogen-bond acceptors (Lipinski definition) is 6. The number of carbonyl (C=O) groups excluding carboxylic acids is 2. The largest absolute Gasteiger partial charge is 0.465 e. The molecule has 1 aromatic heterocycles. The second kappa shape index (κ2) is 5.15. The molecule has 0 aliphatic carbocycles. The van der Waals surface area contributed by atoms with Crippen molar-refractivity contribution < 1.29 is 14.3 Å². The van der Waals surface area contributed by atoms with Crippen molar-refractivity contribution in [3.05, 3.63) is 17.8 Å². The van der Waals surface area contributed by atoms with Crippen molar-refractivity contribution >= 4 is 23.4 Å². The summed E-state index contributed by atoms with van der Waals surface area (Å²) in [7, 11) is 2.85. The maximum Gasteiger partial charge on any atom is 0.341 e. The molecular weight excluding hydrogens is 224 g/mol. The second-order valence-electron chi connectivity index (χ2n) is 3.45. The van der Waals surface area contributed by atoms with Gasteiger partial charge in [-0.3, -0.25) is 4.79 Å². The number of pyridine rings is 1. The second-order valence-corrected chi connectivity index (χ2v) is 3.45. The van der Waals surface area contributed by atoms with E-state index in [0.29, 0.717) is 11.5 Å². The first-order valence-corrected chi connectivity index (χ1v) is 4.79. The number of nitrogens with zero attached hydrogens (tertiary/aromatic N) is 2. The number of likely N-dealkylation sites (N-methyl/N-ethyl adjacent to an activating group) is 1. The van der Waals surface area contributed by atoms with Crippen LogP contribution >= 0.6 is 0 Å². The van der Waals surface area contributed by atoms with E-state index in [4.69, 9.17) is 11.5 Å². The molecule has 92 valence electrons. The van der Waals surface area contributed by atoms with Crippen molar-refractivity contribution in [2.45, 2.75) is 0 Å². The predicted molar refractivity (Wildman–Crippen MR) is 62.5 cm³/mol. The molecule has 1 amide bonds. The Labute approximate surface area is 98.4 Å². The van der Waals surface area contributed by atoms with Crippen molar-refractivity contribution in [1.82, 2.24) is 4.98 Å². The topological polar surface area (TPSA) is 112 Å². The number of primary amides is 1. The molecule has 1 rings (SSSR count). The van der Waals surface area contributed by atoms with Crippen LogP contribution in [0.1, 0.15) is 10.4 Å².